The lowest BCUT2D eigenvalue weighted by Gasteiger charge is -2.35. The van der Waals surface area contributed by atoms with Gasteiger partial charge in [0, 0.05) is 23.4 Å². The Labute approximate surface area is 261 Å². The number of hydrogen-bond donors (Lipinski definition) is 0. The fourth-order valence-corrected chi connectivity index (χ4v) is 6.96. The highest BCUT2D eigenvalue weighted by atomic mass is 16.5. The zero-order valence-corrected chi connectivity index (χ0v) is 24.5. The van der Waals surface area contributed by atoms with E-state index >= 15 is 0 Å². The van der Waals surface area contributed by atoms with Crippen molar-refractivity contribution < 1.29 is 11.6 Å². The van der Waals surface area contributed by atoms with Crippen molar-refractivity contribution in [2.45, 2.75) is 39.4 Å². The topological polar surface area (TPSA) is 9.23 Å². The summed E-state index contributed by atoms with van der Waals surface area (Å²) in [6, 6.07) is 40.9. The van der Waals surface area contributed by atoms with Gasteiger partial charge in [-0.2, -0.15) is 0 Å². The lowest BCUT2D eigenvalue weighted by Crippen LogP contribution is -2.24. The van der Waals surface area contributed by atoms with E-state index in [4.69, 9.17) is 11.6 Å². The Morgan fingerprint density at radius 2 is 1.09 bits per heavy atom. The molecule has 208 valence electrons. The van der Waals surface area contributed by atoms with E-state index in [1.165, 1.54) is 12.5 Å². The summed E-state index contributed by atoms with van der Waals surface area (Å²) in [7, 11) is 0. The molecule has 0 saturated carbocycles. The van der Waals surface area contributed by atoms with Crippen LogP contribution < -0.4 is 4.74 Å². The molecule has 0 amide bonds. The van der Waals surface area contributed by atoms with E-state index < -0.39 is 18.6 Å². The Morgan fingerprint density at radius 1 is 0.558 bits per heavy atom. The van der Waals surface area contributed by atoms with E-state index in [2.05, 4.69) is 98.8 Å². The van der Waals surface area contributed by atoms with Gasteiger partial charge in [-0.25, -0.2) is 0 Å². The summed E-state index contributed by atoms with van der Waals surface area (Å²) in [4.78, 5) is 0. The highest BCUT2D eigenvalue weighted by molar-refractivity contribution is 6.03. The Balaban J connectivity index is 1.37. The average Bonchev–Trinajstić information content (AvgIpc) is 3.06. The normalized spacial score (nSPS) is 15.9. The molecular weight excluding hydrogens is 520 g/mol. The molecule has 1 aliphatic heterocycles. The van der Waals surface area contributed by atoms with Crippen molar-refractivity contribution in [1.82, 2.24) is 0 Å². The first-order chi connectivity index (χ1) is 22.8. The molecule has 0 spiro atoms. The van der Waals surface area contributed by atoms with E-state index in [9.17, 15) is 0 Å². The maximum absolute atomic E-state index is 8.62. The summed E-state index contributed by atoms with van der Waals surface area (Å²) in [5.41, 5.74) is 12.5. The van der Waals surface area contributed by atoms with Crippen LogP contribution in [-0.4, -0.2) is 0 Å². The second-order valence-corrected chi connectivity index (χ2v) is 12.0. The second-order valence-electron chi connectivity index (χ2n) is 12.0. The second kappa shape index (κ2) is 9.57. The minimum absolute atomic E-state index is 0.215. The van der Waals surface area contributed by atoms with Crippen LogP contribution in [0, 0.1) is 6.85 Å². The van der Waals surface area contributed by atoms with Gasteiger partial charge in [-0.1, -0.05) is 118 Å². The zero-order chi connectivity index (χ0) is 33.6. The van der Waals surface area contributed by atoms with Gasteiger partial charge in [-0.15, -0.1) is 0 Å². The van der Waals surface area contributed by atoms with Crippen molar-refractivity contribution >= 4 is 0 Å². The summed E-state index contributed by atoms with van der Waals surface area (Å²) in [5.74, 6) is 1.04. The monoisotopic (exact) mass is 559 g/mol. The Hall–Kier alpha value is -4.88. The van der Waals surface area contributed by atoms with Gasteiger partial charge >= 0.3 is 0 Å². The molecule has 0 fully saturated rings. The molecule has 0 atom stereocenters. The van der Waals surface area contributed by atoms with Gasteiger partial charge in [-0.05, 0) is 104 Å². The summed E-state index contributed by atoms with van der Waals surface area (Å²) in [6.45, 7) is 3.33. The zero-order valence-electron chi connectivity index (χ0n) is 29.5. The van der Waals surface area contributed by atoms with Crippen LogP contribution >= 0.6 is 0 Å². The van der Waals surface area contributed by atoms with Crippen LogP contribution in [0.25, 0.3) is 55.6 Å². The van der Waals surface area contributed by atoms with Crippen LogP contribution in [-0.2, 0) is 11.8 Å². The van der Waals surface area contributed by atoms with Gasteiger partial charge in [0.05, 0.1) is 0 Å². The van der Waals surface area contributed by atoms with Gasteiger partial charge < -0.3 is 4.74 Å². The van der Waals surface area contributed by atoms with Crippen molar-refractivity contribution in [3.63, 3.8) is 0 Å². The van der Waals surface area contributed by atoms with Gasteiger partial charge in [0.25, 0.3) is 0 Å². The lowest BCUT2D eigenvalue weighted by molar-refractivity contribution is 0.417. The molecule has 1 nitrogen and oxygen atoms in total. The highest BCUT2D eigenvalue weighted by Crippen LogP contribution is 2.51. The maximum Gasteiger partial charge on any atom is 0.131 e. The molecule has 2 aliphatic rings. The third-order valence-corrected chi connectivity index (χ3v) is 9.23. The first-order valence-electron chi connectivity index (χ1n) is 17.3. The molecule has 1 heteroatoms. The molecule has 6 aromatic carbocycles. The number of aryl methyl sites for hydroxylation is 2. The molecule has 43 heavy (non-hydrogen) atoms. The minimum Gasteiger partial charge on any atom is -0.457 e. The van der Waals surface area contributed by atoms with Crippen LogP contribution in [0.3, 0.4) is 0 Å². The molecule has 1 aliphatic carbocycles. The number of rotatable bonds is 2. The standard InChI is InChI=1S/C42H34O/c1-5-27-18-21-38-41(23-27)43-40-22-26(2)36(25-39(40)42(38,3)4)28-19-20-35-33-16-9-8-14-31(33)29-12-6-7-13-30(29)32-15-10-11-17-34(32)37(35)24-28/h6-25H,5H2,1-4H3/i2D3,5D2. The summed E-state index contributed by atoms with van der Waals surface area (Å²) in [5, 5.41) is 0. The van der Waals surface area contributed by atoms with Crippen LogP contribution in [0.5, 0.6) is 11.5 Å². The maximum atomic E-state index is 8.62. The average molecular weight is 560 g/mol. The largest absolute Gasteiger partial charge is 0.457 e. The molecular formula is C42H34O. The molecule has 0 N–H and O–H groups in total. The lowest BCUT2D eigenvalue weighted by atomic mass is 9.74. The van der Waals surface area contributed by atoms with E-state index in [-0.39, 0.29) is 5.56 Å². The van der Waals surface area contributed by atoms with Gasteiger partial charge in [0.15, 0.2) is 0 Å². The summed E-state index contributed by atoms with van der Waals surface area (Å²) in [6.07, 6.45) is -1.54. The fourth-order valence-electron chi connectivity index (χ4n) is 6.96. The van der Waals surface area contributed by atoms with Crippen molar-refractivity contribution in [3.05, 3.63) is 144 Å². The molecule has 0 radical (unpaired) electrons. The molecule has 0 unspecified atom stereocenters. The van der Waals surface area contributed by atoms with Gasteiger partial charge in [0.1, 0.15) is 11.5 Å². The molecule has 0 bridgehead atoms. The number of benzene rings is 6. The van der Waals surface area contributed by atoms with Crippen molar-refractivity contribution in [1.29, 1.82) is 0 Å². The number of hydrogen-bond acceptors (Lipinski definition) is 1. The van der Waals surface area contributed by atoms with E-state index in [0.717, 1.165) is 55.6 Å². The van der Waals surface area contributed by atoms with E-state index in [1.807, 2.05) is 24.3 Å². The van der Waals surface area contributed by atoms with Crippen LogP contribution in [0.4, 0.5) is 0 Å². The van der Waals surface area contributed by atoms with Crippen molar-refractivity contribution in [2.24, 2.45) is 0 Å². The van der Waals surface area contributed by atoms with E-state index in [0.29, 0.717) is 22.6 Å². The van der Waals surface area contributed by atoms with Gasteiger partial charge in [-0.3, -0.25) is 0 Å². The number of ether oxygens (including phenoxy) is 1. The summed E-state index contributed by atoms with van der Waals surface area (Å²) >= 11 is 0. The molecule has 6 aromatic rings. The molecule has 8 rings (SSSR count). The SMILES string of the molecule is [2H]C([2H])([2H])c1cc2c(cc1-c1ccc3c(c1)-c1ccccc1-c1ccccc1-c1ccccc1-3)C(C)(C)c1ccc(C([2H])([2H])C)cc1O2. The molecule has 0 saturated heterocycles. The first kappa shape index (κ1) is 20.9. The van der Waals surface area contributed by atoms with E-state index in [1.54, 1.807) is 12.1 Å². The van der Waals surface area contributed by atoms with Gasteiger partial charge in [0.2, 0.25) is 0 Å². The third-order valence-electron chi connectivity index (χ3n) is 9.23. The Kier molecular flexibility index (Phi) is 4.66. The number of fused-ring (bicyclic) bond motifs is 10. The smallest absolute Gasteiger partial charge is 0.131 e. The summed E-state index contributed by atoms with van der Waals surface area (Å²) < 4.78 is 48.7. The Bertz CT molecular complexity index is 2270. The van der Waals surface area contributed by atoms with Crippen LogP contribution in [0.15, 0.2) is 121 Å². The predicted octanol–water partition coefficient (Wildman–Crippen LogP) is 11.6. The Morgan fingerprint density at radius 3 is 1.65 bits per heavy atom. The molecule has 1 heterocycles. The first-order valence-corrected chi connectivity index (χ1v) is 14.8. The highest BCUT2D eigenvalue weighted by Gasteiger charge is 2.35. The fraction of sp³-hybridized carbons (Fsp3) is 0.143. The van der Waals surface area contributed by atoms with Crippen LogP contribution in [0.1, 0.15) is 49.9 Å². The van der Waals surface area contributed by atoms with Crippen molar-refractivity contribution in [2.75, 3.05) is 0 Å². The van der Waals surface area contributed by atoms with Crippen molar-refractivity contribution in [3.8, 4) is 67.1 Å². The minimum atomic E-state index is -2.41. The van der Waals surface area contributed by atoms with Crippen LogP contribution in [0.2, 0.25) is 0 Å². The molecule has 0 aromatic heterocycles. The predicted molar refractivity (Wildman–Crippen MR) is 180 cm³/mol. The quantitative estimate of drug-likeness (QED) is 0.205. The third kappa shape index (κ3) is 3.92.